The van der Waals surface area contributed by atoms with E-state index in [1.165, 1.54) is 38.9 Å². The Morgan fingerprint density at radius 1 is 0.917 bits per heavy atom. The second-order valence-corrected chi connectivity index (χ2v) is 10.1. The first kappa shape index (κ1) is 19.6. The molecular weight excluding hydrogens is 300 g/mol. The minimum atomic E-state index is -0.398. The van der Waals surface area contributed by atoms with Crippen molar-refractivity contribution in [3.05, 3.63) is 0 Å². The zero-order valence-electron chi connectivity index (χ0n) is 16.8. The molecule has 4 nitrogen and oxygen atoms in total. The average molecular weight is 339 g/mol. The molecule has 2 aliphatic heterocycles. The Bertz CT molecular complexity index is 416. The van der Waals surface area contributed by atoms with Crippen LogP contribution in [0.15, 0.2) is 0 Å². The fraction of sp³-hybridized carbons (Fsp3) is 0.950. The van der Waals surface area contributed by atoms with Gasteiger partial charge >= 0.3 is 6.09 Å². The standard InChI is InChI=1S/C20H38N2O2/c1-18(2,3)7-12-21-13-8-20(9-14-21)10-15-22(16-11-20)17(23)24-19(4,5)6/h7-16H2,1-6H3. The van der Waals surface area contributed by atoms with Gasteiger partial charge in [-0.3, -0.25) is 0 Å². The highest BCUT2D eigenvalue weighted by Crippen LogP contribution is 2.41. The maximum Gasteiger partial charge on any atom is 0.410 e. The normalized spacial score (nSPS) is 22.7. The molecule has 0 saturated carbocycles. The van der Waals surface area contributed by atoms with Crippen LogP contribution in [0.3, 0.4) is 0 Å². The highest BCUT2D eigenvalue weighted by molar-refractivity contribution is 5.68. The van der Waals surface area contributed by atoms with Crippen LogP contribution in [-0.2, 0) is 4.74 Å². The highest BCUT2D eigenvalue weighted by atomic mass is 16.6. The third-order valence-corrected chi connectivity index (χ3v) is 5.57. The van der Waals surface area contributed by atoms with E-state index in [1.54, 1.807) is 0 Å². The molecule has 2 heterocycles. The zero-order chi connectivity index (χ0) is 18.0. The van der Waals surface area contributed by atoms with Gasteiger partial charge in [-0.15, -0.1) is 0 Å². The van der Waals surface area contributed by atoms with Crippen LogP contribution in [0.1, 0.15) is 73.6 Å². The number of carbonyl (C=O) groups excluding carboxylic acids is 1. The summed E-state index contributed by atoms with van der Waals surface area (Å²) in [6.45, 7) is 18.2. The lowest BCUT2D eigenvalue weighted by atomic mass is 9.71. The fourth-order valence-corrected chi connectivity index (χ4v) is 3.73. The van der Waals surface area contributed by atoms with E-state index in [4.69, 9.17) is 4.74 Å². The van der Waals surface area contributed by atoms with Gasteiger partial charge < -0.3 is 14.5 Å². The molecule has 2 aliphatic rings. The molecule has 4 heteroatoms. The van der Waals surface area contributed by atoms with Crippen molar-refractivity contribution in [2.75, 3.05) is 32.7 Å². The maximum absolute atomic E-state index is 12.2. The van der Waals surface area contributed by atoms with Crippen LogP contribution < -0.4 is 0 Å². The van der Waals surface area contributed by atoms with Crippen molar-refractivity contribution in [3.8, 4) is 0 Å². The molecule has 0 aromatic carbocycles. The predicted octanol–water partition coefficient (Wildman–Crippen LogP) is 4.54. The van der Waals surface area contributed by atoms with Crippen molar-refractivity contribution in [2.24, 2.45) is 10.8 Å². The van der Waals surface area contributed by atoms with Crippen LogP contribution in [0.2, 0.25) is 0 Å². The van der Waals surface area contributed by atoms with Crippen molar-refractivity contribution in [3.63, 3.8) is 0 Å². The van der Waals surface area contributed by atoms with E-state index in [2.05, 4.69) is 25.7 Å². The summed E-state index contributed by atoms with van der Waals surface area (Å²) >= 11 is 0. The Hall–Kier alpha value is -0.770. The van der Waals surface area contributed by atoms with E-state index in [-0.39, 0.29) is 6.09 Å². The molecule has 1 spiro atoms. The summed E-state index contributed by atoms with van der Waals surface area (Å²) in [6, 6.07) is 0. The van der Waals surface area contributed by atoms with Gasteiger partial charge in [-0.25, -0.2) is 4.79 Å². The first-order valence-corrected chi connectivity index (χ1v) is 9.68. The van der Waals surface area contributed by atoms with Crippen LogP contribution in [-0.4, -0.2) is 54.2 Å². The van der Waals surface area contributed by atoms with Gasteiger partial charge in [0.2, 0.25) is 0 Å². The number of nitrogens with zero attached hydrogens (tertiary/aromatic N) is 2. The van der Waals surface area contributed by atoms with Gasteiger partial charge in [0.05, 0.1) is 0 Å². The maximum atomic E-state index is 12.2. The topological polar surface area (TPSA) is 32.8 Å². The lowest BCUT2D eigenvalue weighted by Crippen LogP contribution is -2.49. The molecule has 0 radical (unpaired) electrons. The summed E-state index contributed by atoms with van der Waals surface area (Å²) in [5.41, 5.74) is 0.495. The van der Waals surface area contributed by atoms with Crippen molar-refractivity contribution >= 4 is 6.09 Å². The van der Waals surface area contributed by atoms with Gasteiger partial charge in [0.1, 0.15) is 5.60 Å². The van der Waals surface area contributed by atoms with Gasteiger partial charge in [-0.1, -0.05) is 20.8 Å². The number of piperidine rings is 2. The minimum Gasteiger partial charge on any atom is -0.444 e. The van der Waals surface area contributed by atoms with Gasteiger partial charge in [0, 0.05) is 13.1 Å². The van der Waals surface area contributed by atoms with E-state index in [9.17, 15) is 4.79 Å². The molecule has 2 fully saturated rings. The zero-order valence-corrected chi connectivity index (χ0v) is 16.8. The third-order valence-electron chi connectivity index (χ3n) is 5.57. The van der Waals surface area contributed by atoms with Crippen molar-refractivity contribution < 1.29 is 9.53 Å². The average Bonchev–Trinajstić information content (AvgIpc) is 2.45. The lowest BCUT2D eigenvalue weighted by molar-refractivity contribution is -0.00303. The molecule has 2 saturated heterocycles. The summed E-state index contributed by atoms with van der Waals surface area (Å²) in [7, 11) is 0. The van der Waals surface area contributed by atoms with Crippen molar-refractivity contribution in [2.45, 2.75) is 79.2 Å². The number of amides is 1. The summed E-state index contributed by atoms with van der Waals surface area (Å²) < 4.78 is 5.51. The van der Waals surface area contributed by atoms with Gasteiger partial charge in [0.15, 0.2) is 0 Å². The molecule has 0 unspecified atom stereocenters. The molecule has 0 aliphatic carbocycles. The molecule has 0 aromatic heterocycles. The van der Waals surface area contributed by atoms with E-state index >= 15 is 0 Å². The molecule has 2 rings (SSSR count). The Labute approximate surface area is 148 Å². The van der Waals surface area contributed by atoms with Crippen LogP contribution >= 0.6 is 0 Å². The molecule has 0 N–H and O–H groups in total. The molecule has 0 bridgehead atoms. The summed E-state index contributed by atoms with van der Waals surface area (Å²) in [4.78, 5) is 16.8. The van der Waals surface area contributed by atoms with E-state index in [0.29, 0.717) is 10.8 Å². The SMILES string of the molecule is CC(C)(C)CCN1CCC2(CC1)CCN(C(=O)OC(C)(C)C)CC2. The molecule has 24 heavy (non-hydrogen) atoms. The number of likely N-dealkylation sites (tertiary alicyclic amines) is 2. The number of hydrogen-bond donors (Lipinski definition) is 0. The van der Waals surface area contributed by atoms with E-state index < -0.39 is 5.60 Å². The smallest absolute Gasteiger partial charge is 0.410 e. The molecule has 0 atom stereocenters. The number of hydrogen-bond acceptors (Lipinski definition) is 3. The molecule has 1 amide bonds. The van der Waals surface area contributed by atoms with E-state index in [0.717, 1.165) is 25.9 Å². The largest absolute Gasteiger partial charge is 0.444 e. The predicted molar refractivity (Wildman–Crippen MR) is 99.2 cm³/mol. The Morgan fingerprint density at radius 3 is 1.88 bits per heavy atom. The van der Waals surface area contributed by atoms with Crippen molar-refractivity contribution in [1.29, 1.82) is 0 Å². The Morgan fingerprint density at radius 2 is 1.42 bits per heavy atom. The summed E-state index contributed by atoms with van der Waals surface area (Å²) in [5.74, 6) is 0. The van der Waals surface area contributed by atoms with Crippen LogP contribution in [0.4, 0.5) is 4.79 Å². The molecule has 0 aromatic rings. The van der Waals surface area contributed by atoms with Crippen LogP contribution in [0, 0.1) is 10.8 Å². The number of ether oxygens (including phenoxy) is 1. The molecule has 140 valence electrons. The quantitative estimate of drug-likeness (QED) is 0.741. The summed E-state index contributed by atoms with van der Waals surface area (Å²) in [6.07, 6.45) is 5.99. The Balaban J connectivity index is 1.75. The monoisotopic (exact) mass is 338 g/mol. The van der Waals surface area contributed by atoms with Crippen molar-refractivity contribution in [1.82, 2.24) is 9.80 Å². The first-order chi connectivity index (χ1) is 11.0. The highest BCUT2D eigenvalue weighted by Gasteiger charge is 2.39. The minimum absolute atomic E-state index is 0.139. The fourth-order valence-electron chi connectivity index (χ4n) is 3.73. The lowest BCUT2D eigenvalue weighted by Gasteiger charge is -2.47. The third kappa shape index (κ3) is 5.94. The van der Waals surface area contributed by atoms with E-state index in [1.807, 2.05) is 25.7 Å². The molecular formula is C20H38N2O2. The number of rotatable bonds is 2. The number of carbonyl (C=O) groups is 1. The van der Waals surface area contributed by atoms with Crippen LogP contribution in [0.5, 0.6) is 0 Å². The first-order valence-electron chi connectivity index (χ1n) is 9.68. The Kier molecular flexibility index (Phi) is 5.89. The van der Waals surface area contributed by atoms with Gasteiger partial charge in [-0.2, -0.15) is 0 Å². The summed E-state index contributed by atoms with van der Waals surface area (Å²) in [5, 5.41) is 0. The second-order valence-electron chi connectivity index (χ2n) is 10.1. The second kappa shape index (κ2) is 7.23. The van der Waals surface area contributed by atoms with Gasteiger partial charge in [0.25, 0.3) is 0 Å². The van der Waals surface area contributed by atoms with Crippen LogP contribution in [0.25, 0.3) is 0 Å². The van der Waals surface area contributed by atoms with Gasteiger partial charge in [-0.05, 0) is 83.3 Å².